The number of aryl methyl sites for hydroxylation is 2. The van der Waals surface area contributed by atoms with Crippen LogP contribution in [0.25, 0.3) is 0 Å². The maximum atomic E-state index is 11.9. The highest BCUT2D eigenvalue weighted by Crippen LogP contribution is 2.35. The summed E-state index contributed by atoms with van der Waals surface area (Å²) in [6.07, 6.45) is 3.68. The summed E-state index contributed by atoms with van der Waals surface area (Å²) >= 11 is 0. The maximum Gasteiger partial charge on any atom is 0.226 e. The van der Waals surface area contributed by atoms with E-state index in [1.54, 1.807) is 7.05 Å². The second kappa shape index (κ2) is 9.91. The molecule has 0 unspecified atom stereocenters. The Morgan fingerprint density at radius 3 is 2.51 bits per heavy atom. The van der Waals surface area contributed by atoms with Crippen LogP contribution in [0.4, 0.5) is 17.3 Å². The third-order valence-electron chi connectivity index (χ3n) is 7.61. The van der Waals surface area contributed by atoms with Gasteiger partial charge in [-0.3, -0.25) is 9.69 Å². The van der Waals surface area contributed by atoms with Crippen molar-refractivity contribution in [3.63, 3.8) is 0 Å². The number of anilines is 3. The van der Waals surface area contributed by atoms with E-state index in [9.17, 15) is 4.79 Å². The van der Waals surface area contributed by atoms with Crippen molar-refractivity contribution >= 4 is 29.4 Å². The van der Waals surface area contributed by atoms with Gasteiger partial charge in [0, 0.05) is 43.7 Å². The van der Waals surface area contributed by atoms with Gasteiger partial charge in [0.15, 0.2) is 0 Å². The Morgan fingerprint density at radius 1 is 1.14 bits per heavy atom. The van der Waals surface area contributed by atoms with Gasteiger partial charge in [0.2, 0.25) is 5.91 Å². The number of benzene rings is 1. The number of carbonyl (C=O) groups is 1. The van der Waals surface area contributed by atoms with Crippen LogP contribution in [0, 0.1) is 25.2 Å². The normalized spacial score (nSPS) is 19.7. The van der Waals surface area contributed by atoms with Crippen LogP contribution in [0.1, 0.15) is 41.3 Å². The van der Waals surface area contributed by atoms with Crippen molar-refractivity contribution in [3.05, 3.63) is 40.7 Å². The molecule has 1 amide bonds. The molecule has 186 valence electrons. The zero-order valence-corrected chi connectivity index (χ0v) is 20.8. The van der Waals surface area contributed by atoms with E-state index in [4.69, 9.17) is 10.1 Å². The molecule has 3 fully saturated rings. The summed E-state index contributed by atoms with van der Waals surface area (Å²) in [5.41, 5.74) is 4.33. The molecule has 3 aliphatic heterocycles. The number of nitrogens with zero attached hydrogens (tertiary/aromatic N) is 4. The van der Waals surface area contributed by atoms with E-state index in [1.165, 1.54) is 17.3 Å². The number of hydrogen-bond donors (Lipinski definition) is 3. The number of rotatable bonds is 7. The van der Waals surface area contributed by atoms with Crippen LogP contribution in [0.15, 0.2) is 18.2 Å². The van der Waals surface area contributed by atoms with Gasteiger partial charge in [-0.05, 0) is 69.0 Å². The number of likely N-dealkylation sites (tertiary alicyclic amines) is 1. The molecule has 3 aliphatic rings. The predicted molar refractivity (Wildman–Crippen MR) is 137 cm³/mol. The lowest BCUT2D eigenvalue weighted by molar-refractivity contribution is -0.125. The first-order chi connectivity index (χ1) is 16.9. The van der Waals surface area contributed by atoms with Crippen LogP contribution in [-0.2, 0) is 9.53 Å². The number of aromatic nitrogens is 2. The second-order valence-corrected chi connectivity index (χ2v) is 9.94. The molecular weight excluding hydrogens is 442 g/mol. The van der Waals surface area contributed by atoms with Crippen LogP contribution in [0.5, 0.6) is 0 Å². The first-order valence-electron chi connectivity index (χ1n) is 12.5. The molecule has 3 saturated heterocycles. The summed E-state index contributed by atoms with van der Waals surface area (Å²) in [7, 11) is 1.67. The van der Waals surface area contributed by atoms with E-state index < -0.39 is 0 Å². The topological polar surface area (TPSA) is 106 Å². The van der Waals surface area contributed by atoms with Crippen molar-refractivity contribution in [3.8, 4) is 0 Å². The molecule has 3 N–H and O–H groups in total. The molecule has 5 rings (SSSR count). The standard InChI is InChI=1S/C26H35N7O2/c1-16-8-19(11-27)23(9-22(16)18-4-6-32(7-5-18)21-14-35-15-21)31-24-10-25(30-17(2)29-24)33-12-20(13-33)26(34)28-3/h8-11,18,20-21,27H,4-7,12-15H2,1-3H3,(H,28,34)(H,29,30,31). The second-order valence-electron chi connectivity index (χ2n) is 9.94. The molecule has 9 nitrogen and oxygen atoms in total. The zero-order chi connectivity index (χ0) is 24.5. The van der Waals surface area contributed by atoms with Gasteiger partial charge in [0.1, 0.15) is 17.5 Å². The minimum absolute atomic E-state index is 0.000843. The molecule has 0 radical (unpaired) electrons. The number of nitrogens with one attached hydrogen (secondary N) is 3. The molecule has 0 atom stereocenters. The van der Waals surface area contributed by atoms with Gasteiger partial charge in [-0.25, -0.2) is 9.97 Å². The van der Waals surface area contributed by atoms with Gasteiger partial charge >= 0.3 is 0 Å². The Labute approximate surface area is 206 Å². The van der Waals surface area contributed by atoms with E-state index in [-0.39, 0.29) is 11.8 Å². The SMILES string of the molecule is CNC(=O)C1CN(c2cc(Nc3cc(C4CCN(C5COC5)CC4)c(C)cc3C=N)nc(C)n2)C1. The highest BCUT2D eigenvalue weighted by molar-refractivity contribution is 5.88. The minimum atomic E-state index is -0.000843. The summed E-state index contributed by atoms with van der Waals surface area (Å²) < 4.78 is 5.38. The van der Waals surface area contributed by atoms with Gasteiger partial charge in [-0.1, -0.05) is 0 Å². The molecule has 2 aromatic rings. The van der Waals surface area contributed by atoms with E-state index >= 15 is 0 Å². The van der Waals surface area contributed by atoms with Crippen LogP contribution < -0.4 is 15.5 Å². The average Bonchev–Trinajstić information content (AvgIpc) is 2.78. The first-order valence-corrected chi connectivity index (χ1v) is 12.5. The monoisotopic (exact) mass is 477 g/mol. The zero-order valence-electron chi connectivity index (χ0n) is 20.8. The lowest BCUT2D eigenvalue weighted by Crippen LogP contribution is -2.53. The molecule has 9 heteroatoms. The lowest BCUT2D eigenvalue weighted by atomic mass is 9.85. The van der Waals surface area contributed by atoms with Crippen molar-refractivity contribution in [2.75, 3.05) is 56.7 Å². The fourth-order valence-electron chi connectivity index (χ4n) is 5.38. The lowest BCUT2D eigenvalue weighted by Gasteiger charge is -2.41. The number of piperidine rings is 1. The van der Waals surface area contributed by atoms with Gasteiger partial charge < -0.3 is 25.7 Å². The summed E-state index contributed by atoms with van der Waals surface area (Å²) in [6, 6.07) is 6.85. The highest BCUT2D eigenvalue weighted by Gasteiger charge is 2.33. The fourth-order valence-corrected chi connectivity index (χ4v) is 5.38. The van der Waals surface area contributed by atoms with Crippen LogP contribution >= 0.6 is 0 Å². The first kappa shape index (κ1) is 23.7. The van der Waals surface area contributed by atoms with Gasteiger partial charge in [0.25, 0.3) is 0 Å². The van der Waals surface area contributed by atoms with Crippen LogP contribution in [-0.4, -0.2) is 79.5 Å². The van der Waals surface area contributed by atoms with Gasteiger partial charge in [-0.2, -0.15) is 0 Å². The molecule has 0 saturated carbocycles. The van der Waals surface area contributed by atoms with Crippen LogP contribution in [0.2, 0.25) is 0 Å². The van der Waals surface area contributed by atoms with Crippen molar-refractivity contribution in [2.45, 2.75) is 38.6 Å². The summed E-state index contributed by atoms with van der Waals surface area (Å²) in [5.74, 6) is 2.77. The molecule has 0 bridgehead atoms. The molecule has 1 aromatic heterocycles. The minimum Gasteiger partial charge on any atom is -0.378 e. The third-order valence-corrected chi connectivity index (χ3v) is 7.61. The Kier molecular flexibility index (Phi) is 6.71. The largest absolute Gasteiger partial charge is 0.378 e. The number of amides is 1. The van der Waals surface area contributed by atoms with Crippen molar-refractivity contribution in [2.24, 2.45) is 5.92 Å². The Balaban J connectivity index is 1.33. The third kappa shape index (κ3) is 4.88. The highest BCUT2D eigenvalue weighted by atomic mass is 16.5. The van der Waals surface area contributed by atoms with Crippen molar-refractivity contribution in [1.29, 1.82) is 5.41 Å². The van der Waals surface area contributed by atoms with E-state index in [0.717, 1.165) is 56.2 Å². The average molecular weight is 478 g/mol. The Morgan fingerprint density at radius 2 is 1.89 bits per heavy atom. The summed E-state index contributed by atoms with van der Waals surface area (Å²) in [6.45, 7) is 9.29. The Hall–Kier alpha value is -3.04. The number of carbonyl (C=O) groups excluding carboxylic acids is 1. The van der Waals surface area contributed by atoms with Gasteiger partial charge in [0.05, 0.1) is 25.2 Å². The molecule has 0 spiro atoms. The molecular formula is C26H35N7O2. The van der Waals surface area contributed by atoms with Crippen molar-refractivity contribution in [1.82, 2.24) is 20.2 Å². The summed E-state index contributed by atoms with van der Waals surface area (Å²) in [4.78, 5) is 25.7. The molecule has 1 aromatic carbocycles. The van der Waals surface area contributed by atoms with E-state index in [0.29, 0.717) is 36.7 Å². The number of ether oxygens (including phenoxy) is 1. The Bertz CT molecular complexity index is 1100. The quantitative estimate of drug-likeness (QED) is 0.526. The van der Waals surface area contributed by atoms with E-state index in [1.807, 2.05) is 13.0 Å². The fraction of sp³-hybridized carbons (Fsp3) is 0.538. The smallest absolute Gasteiger partial charge is 0.226 e. The molecule has 0 aliphatic carbocycles. The number of hydrogen-bond acceptors (Lipinski definition) is 8. The molecule has 35 heavy (non-hydrogen) atoms. The van der Waals surface area contributed by atoms with E-state index in [2.05, 4.69) is 49.5 Å². The summed E-state index contributed by atoms with van der Waals surface area (Å²) in [5, 5.41) is 14.2. The van der Waals surface area contributed by atoms with Crippen molar-refractivity contribution < 1.29 is 9.53 Å². The predicted octanol–water partition coefficient (Wildman–Crippen LogP) is 2.60. The van der Waals surface area contributed by atoms with Gasteiger partial charge in [-0.15, -0.1) is 0 Å². The maximum absolute atomic E-state index is 11.9. The van der Waals surface area contributed by atoms with Crippen LogP contribution in [0.3, 0.4) is 0 Å². The molecule has 4 heterocycles.